The van der Waals surface area contributed by atoms with Gasteiger partial charge >= 0.3 is 0 Å². The third-order valence-corrected chi connectivity index (χ3v) is 4.45. The number of ether oxygens (including phenoxy) is 2. The van der Waals surface area contributed by atoms with Crippen LogP contribution in [0.25, 0.3) is 0 Å². The molecule has 5 nitrogen and oxygen atoms in total. The van der Waals surface area contributed by atoms with Crippen molar-refractivity contribution in [2.75, 3.05) is 45.9 Å². The average molecular weight is 335 g/mol. The first kappa shape index (κ1) is 18.6. The first-order chi connectivity index (χ1) is 11.6. The van der Waals surface area contributed by atoms with Crippen LogP contribution in [0.15, 0.2) is 24.3 Å². The van der Waals surface area contributed by atoms with Crippen molar-refractivity contribution in [2.45, 2.75) is 27.2 Å². The van der Waals surface area contributed by atoms with Gasteiger partial charge in [-0.3, -0.25) is 4.79 Å². The number of nitrogens with zero attached hydrogens (tertiary/aromatic N) is 1. The van der Waals surface area contributed by atoms with Gasteiger partial charge in [-0.1, -0.05) is 19.9 Å². The molecule has 0 spiro atoms. The highest BCUT2D eigenvalue weighted by Gasteiger charge is 2.22. The molecule has 1 saturated heterocycles. The fraction of sp³-hybridized carbons (Fsp3) is 0.632. The molecule has 1 aliphatic heterocycles. The van der Waals surface area contributed by atoms with E-state index in [9.17, 15) is 4.79 Å². The summed E-state index contributed by atoms with van der Waals surface area (Å²) in [5.41, 5.74) is 0. The molecule has 24 heavy (non-hydrogen) atoms. The fourth-order valence-electron chi connectivity index (χ4n) is 2.73. The SMILES string of the molecule is CC[NH+]1CCN(C(=O)COc2cccc(OCCC(C)C)c2)CC1. The fourth-order valence-corrected chi connectivity index (χ4v) is 2.73. The van der Waals surface area contributed by atoms with E-state index in [2.05, 4.69) is 20.8 Å². The van der Waals surface area contributed by atoms with Gasteiger partial charge in [0.15, 0.2) is 6.61 Å². The zero-order valence-corrected chi connectivity index (χ0v) is 15.2. The highest BCUT2D eigenvalue weighted by molar-refractivity contribution is 5.77. The van der Waals surface area contributed by atoms with Crippen LogP contribution in [0.1, 0.15) is 27.2 Å². The van der Waals surface area contributed by atoms with Crippen LogP contribution in [0.2, 0.25) is 0 Å². The van der Waals surface area contributed by atoms with E-state index >= 15 is 0 Å². The van der Waals surface area contributed by atoms with E-state index in [1.165, 1.54) is 0 Å². The van der Waals surface area contributed by atoms with E-state index in [4.69, 9.17) is 9.47 Å². The first-order valence-corrected chi connectivity index (χ1v) is 9.05. The summed E-state index contributed by atoms with van der Waals surface area (Å²) in [6.07, 6.45) is 1.02. The van der Waals surface area contributed by atoms with Crippen molar-refractivity contribution in [3.63, 3.8) is 0 Å². The van der Waals surface area contributed by atoms with Crippen LogP contribution in [0.4, 0.5) is 0 Å². The Labute approximate surface area is 145 Å². The molecule has 134 valence electrons. The molecule has 1 N–H and O–H groups in total. The van der Waals surface area contributed by atoms with Crippen LogP contribution in [0, 0.1) is 5.92 Å². The Morgan fingerprint density at radius 3 is 2.50 bits per heavy atom. The Hall–Kier alpha value is -1.75. The van der Waals surface area contributed by atoms with E-state index < -0.39 is 0 Å². The summed E-state index contributed by atoms with van der Waals surface area (Å²) in [4.78, 5) is 15.7. The van der Waals surface area contributed by atoms with E-state index in [1.54, 1.807) is 4.90 Å². The number of piperazine rings is 1. The van der Waals surface area contributed by atoms with Crippen molar-refractivity contribution in [2.24, 2.45) is 5.92 Å². The zero-order valence-electron chi connectivity index (χ0n) is 15.2. The molecule has 1 heterocycles. The minimum absolute atomic E-state index is 0.0660. The lowest BCUT2D eigenvalue weighted by Crippen LogP contribution is -3.14. The summed E-state index contributed by atoms with van der Waals surface area (Å²) in [5.74, 6) is 2.16. The maximum atomic E-state index is 12.3. The number of rotatable bonds is 8. The number of hydrogen-bond donors (Lipinski definition) is 1. The lowest BCUT2D eigenvalue weighted by molar-refractivity contribution is -0.902. The second kappa shape index (κ2) is 9.52. The zero-order chi connectivity index (χ0) is 17.4. The molecule has 1 fully saturated rings. The lowest BCUT2D eigenvalue weighted by atomic mass is 10.1. The number of hydrogen-bond acceptors (Lipinski definition) is 3. The topological polar surface area (TPSA) is 43.2 Å². The van der Waals surface area contributed by atoms with Crippen molar-refractivity contribution in [3.8, 4) is 11.5 Å². The van der Waals surface area contributed by atoms with Gasteiger partial charge in [0.05, 0.1) is 39.3 Å². The van der Waals surface area contributed by atoms with Gasteiger partial charge in [0.1, 0.15) is 11.5 Å². The molecule has 0 radical (unpaired) electrons. The third kappa shape index (κ3) is 6.04. The van der Waals surface area contributed by atoms with Gasteiger partial charge in [-0.05, 0) is 31.4 Å². The largest absolute Gasteiger partial charge is 0.493 e. The van der Waals surface area contributed by atoms with Gasteiger partial charge in [0.2, 0.25) is 0 Å². The predicted octanol–water partition coefficient (Wildman–Crippen LogP) is 1.24. The molecule has 0 bridgehead atoms. The van der Waals surface area contributed by atoms with E-state index in [-0.39, 0.29) is 12.5 Å². The molecule has 0 unspecified atom stereocenters. The summed E-state index contributed by atoms with van der Waals surface area (Å²) in [6, 6.07) is 7.53. The molecule has 1 amide bonds. The Balaban J connectivity index is 1.76. The molecular formula is C19H31N2O3+. The van der Waals surface area contributed by atoms with Crippen molar-refractivity contribution in [3.05, 3.63) is 24.3 Å². The number of nitrogens with one attached hydrogen (secondary N) is 1. The van der Waals surface area contributed by atoms with Crippen LogP contribution in [0.5, 0.6) is 11.5 Å². The Bertz CT molecular complexity index is 511. The summed E-state index contributed by atoms with van der Waals surface area (Å²) in [6.45, 7) is 12.2. The second-order valence-electron chi connectivity index (χ2n) is 6.78. The molecule has 2 rings (SSSR count). The standard InChI is InChI=1S/C19H30N2O3/c1-4-20-9-11-21(12-10-20)19(22)15-24-18-7-5-6-17(14-18)23-13-8-16(2)3/h5-7,14,16H,4,8-13,15H2,1-3H3/p+1. The number of carbonyl (C=O) groups is 1. The molecule has 0 saturated carbocycles. The van der Waals surface area contributed by atoms with Gasteiger partial charge in [-0.2, -0.15) is 0 Å². The first-order valence-electron chi connectivity index (χ1n) is 9.05. The minimum Gasteiger partial charge on any atom is -0.493 e. The van der Waals surface area contributed by atoms with Gasteiger partial charge in [0, 0.05) is 6.07 Å². The predicted molar refractivity (Wildman–Crippen MR) is 94.7 cm³/mol. The summed E-state index contributed by atoms with van der Waals surface area (Å²) < 4.78 is 11.4. The molecule has 1 aliphatic rings. The summed E-state index contributed by atoms with van der Waals surface area (Å²) in [5, 5.41) is 0. The van der Waals surface area contributed by atoms with Crippen LogP contribution < -0.4 is 14.4 Å². The second-order valence-corrected chi connectivity index (χ2v) is 6.78. The normalized spacial score (nSPS) is 15.6. The quantitative estimate of drug-likeness (QED) is 0.777. The molecule has 1 aromatic rings. The Morgan fingerprint density at radius 1 is 1.21 bits per heavy atom. The Kier molecular flexibility index (Phi) is 7.37. The van der Waals surface area contributed by atoms with Crippen LogP contribution in [0.3, 0.4) is 0 Å². The van der Waals surface area contributed by atoms with Crippen molar-refractivity contribution >= 4 is 5.91 Å². The monoisotopic (exact) mass is 335 g/mol. The molecule has 0 atom stereocenters. The highest BCUT2D eigenvalue weighted by Crippen LogP contribution is 2.20. The maximum absolute atomic E-state index is 12.3. The molecule has 0 aliphatic carbocycles. The van der Waals surface area contributed by atoms with Crippen molar-refractivity contribution < 1.29 is 19.2 Å². The van der Waals surface area contributed by atoms with Gasteiger partial charge in [0.25, 0.3) is 5.91 Å². The molecule has 5 heteroatoms. The van der Waals surface area contributed by atoms with Crippen LogP contribution in [-0.2, 0) is 4.79 Å². The van der Waals surface area contributed by atoms with Gasteiger partial charge in [-0.25, -0.2) is 0 Å². The van der Waals surface area contributed by atoms with Gasteiger partial charge in [-0.15, -0.1) is 0 Å². The Morgan fingerprint density at radius 2 is 1.88 bits per heavy atom. The number of likely N-dealkylation sites (N-methyl/N-ethyl adjacent to an activating group) is 1. The number of benzene rings is 1. The van der Waals surface area contributed by atoms with Gasteiger partial charge < -0.3 is 19.3 Å². The lowest BCUT2D eigenvalue weighted by Gasteiger charge is -2.31. The minimum atomic E-state index is 0.0660. The third-order valence-electron chi connectivity index (χ3n) is 4.45. The number of quaternary nitrogens is 1. The van der Waals surface area contributed by atoms with E-state index in [0.717, 1.165) is 44.9 Å². The van der Waals surface area contributed by atoms with Crippen molar-refractivity contribution in [1.29, 1.82) is 0 Å². The highest BCUT2D eigenvalue weighted by atomic mass is 16.5. The number of carbonyl (C=O) groups excluding carboxylic acids is 1. The van der Waals surface area contributed by atoms with Crippen LogP contribution in [-0.4, -0.2) is 56.7 Å². The van der Waals surface area contributed by atoms with E-state index in [1.807, 2.05) is 29.2 Å². The van der Waals surface area contributed by atoms with Crippen LogP contribution >= 0.6 is 0 Å². The summed E-state index contributed by atoms with van der Waals surface area (Å²) in [7, 11) is 0. The smallest absolute Gasteiger partial charge is 0.260 e. The number of amides is 1. The molecule has 0 aromatic heterocycles. The molecular weight excluding hydrogens is 304 g/mol. The summed E-state index contributed by atoms with van der Waals surface area (Å²) >= 11 is 0. The van der Waals surface area contributed by atoms with E-state index in [0.29, 0.717) is 18.3 Å². The van der Waals surface area contributed by atoms with Crippen molar-refractivity contribution in [1.82, 2.24) is 4.90 Å². The maximum Gasteiger partial charge on any atom is 0.260 e. The molecule has 1 aromatic carbocycles. The average Bonchev–Trinajstić information content (AvgIpc) is 2.60.